The molecule has 2 heteroatoms. The van der Waals surface area contributed by atoms with Crippen molar-refractivity contribution in [2.24, 2.45) is 5.92 Å². The van der Waals surface area contributed by atoms with Crippen molar-refractivity contribution in [2.45, 2.75) is 52.7 Å². The molecule has 0 aliphatic rings. The molecule has 0 spiro atoms. The molecule has 0 fully saturated rings. The first-order valence-corrected chi connectivity index (χ1v) is 5.41. The van der Waals surface area contributed by atoms with Gasteiger partial charge in [0.15, 0.2) is 0 Å². The van der Waals surface area contributed by atoms with Crippen LogP contribution in [0.25, 0.3) is 0 Å². The average Bonchev–Trinajstić information content (AvgIpc) is 2.15. The van der Waals surface area contributed by atoms with E-state index in [1.807, 2.05) is 0 Å². The number of rotatable bonds is 7. The molecule has 0 saturated heterocycles. The second kappa shape index (κ2) is 7.34. The highest BCUT2D eigenvalue weighted by atomic mass is 16.5. The monoisotopic (exact) mass is 187 g/mol. The maximum Gasteiger partial charge on any atom is 0.0696 e. The highest BCUT2D eigenvalue weighted by molar-refractivity contribution is 4.75. The van der Waals surface area contributed by atoms with Gasteiger partial charge in [-0.3, -0.25) is 0 Å². The number of hydrogen-bond acceptors (Lipinski definition) is 2. The fraction of sp³-hybridized carbons (Fsp3) is 1.00. The molecule has 0 aromatic carbocycles. The third kappa shape index (κ3) is 5.27. The molecular weight excluding hydrogens is 162 g/mol. The van der Waals surface area contributed by atoms with Gasteiger partial charge in [0, 0.05) is 13.2 Å². The van der Waals surface area contributed by atoms with E-state index in [9.17, 15) is 0 Å². The third-order valence-electron chi connectivity index (χ3n) is 2.76. The van der Waals surface area contributed by atoms with E-state index in [4.69, 9.17) is 4.74 Å². The smallest absolute Gasteiger partial charge is 0.0696 e. The van der Waals surface area contributed by atoms with Crippen molar-refractivity contribution in [3.63, 3.8) is 0 Å². The second-order valence-corrected chi connectivity index (χ2v) is 3.85. The summed E-state index contributed by atoms with van der Waals surface area (Å²) in [6.45, 7) is 9.84. The Labute approximate surface area is 83.1 Å². The summed E-state index contributed by atoms with van der Waals surface area (Å²) in [6.07, 6.45) is 2.77. The zero-order valence-electron chi connectivity index (χ0n) is 9.76. The van der Waals surface area contributed by atoms with Crippen LogP contribution < -0.4 is 5.32 Å². The lowest BCUT2D eigenvalue weighted by Crippen LogP contribution is -2.40. The predicted molar refractivity (Wildman–Crippen MR) is 58.0 cm³/mol. The maximum atomic E-state index is 5.35. The first-order valence-electron chi connectivity index (χ1n) is 5.41. The van der Waals surface area contributed by atoms with Crippen molar-refractivity contribution in [1.29, 1.82) is 0 Å². The van der Waals surface area contributed by atoms with Gasteiger partial charge in [0.25, 0.3) is 0 Å². The van der Waals surface area contributed by atoms with Gasteiger partial charge in [-0.1, -0.05) is 27.2 Å². The molecule has 0 aromatic heterocycles. The van der Waals surface area contributed by atoms with Crippen molar-refractivity contribution < 1.29 is 4.74 Å². The summed E-state index contributed by atoms with van der Waals surface area (Å²) >= 11 is 0. The van der Waals surface area contributed by atoms with Crippen LogP contribution in [-0.4, -0.2) is 25.8 Å². The molecule has 0 aliphatic carbocycles. The average molecular weight is 187 g/mol. The number of nitrogens with one attached hydrogen (secondary N) is 1. The van der Waals surface area contributed by atoms with Crippen molar-refractivity contribution >= 4 is 0 Å². The van der Waals surface area contributed by atoms with Crippen LogP contribution in [0.5, 0.6) is 0 Å². The first-order chi connectivity index (χ1) is 6.15. The van der Waals surface area contributed by atoms with Crippen molar-refractivity contribution in [3.05, 3.63) is 0 Å². The standard InChI is InChI=1S/C11H25NO/c1-6-9(3)8-11(12-7-2)10(4)13-5/h9-12H,6-8H2,1-5H3. The van der Waals surface area contributed by atoms with Gasteiger partial charge in [-0.05, 0) is 25.8 Å². The number of hydrogen-bond donors (Lipinski definition) is 1. The molecule has 0 amide bonds. The van der Waals surface area contributed by atoms with E-state index in [2.05, 4.69) is 33.0 Å². The normalized spacial score (nSPS) is 18.2. The summed E-state index contributed by atoms with van der Waals surface area (Å²) in [5, 5.41) is 3.47. The van der Waals surface area contributed by atoms with E-state index < -0.39 is 0 Å². The van der Waals surface area contributed by atoms with Gasteiger partial charge >= 0.3 is 0 Å². The minimum atomic E-state index is 0.314. The van der Waals surface area contributed by atoms with Gasteiger partial charge in [0.05, 0.1) is 6.10 Å². The van der Waals surface area contributed by atoms with E-state index in [0.29, 0.717) is 12.1 Å². The summed E-state index contributed by atoms with van der Waals surface area (Å²) in [4.78, 5) is 0. The van der Waals surface area contributed by atoms with Crippen LogP contribution in [-0.2, 0) is 4.74 Å². The quantitative estimate of drug-likeness (QED) is 0.661. The first kappa shape index (κ1) is 12.9. The maximum absolute atomic E-state index is 5.35. The van der Waals surface area contributed by atoms with Crippen LogP contribution in [0.1, 0.15) is 40.5 Å². The molecule has 3 unspecified atom stereocenters. The lowest BCUT2D eigenvalue weighted by atomic mass is 9.96. The molecule has 1 N–H and O–H groups in total. The predicted octanol–water partition coefficient (Wildman–Crippen LogP) is 2.44. The Hall–Kier alpha value is -0.0800. The van der Waals surface area contributed by atoms with Crippen LogP contribution in [0.2, 0.25) is 0 Å². The Bertz CT molecular complexity index is 117. The third-order valence-corrected chi connectivity index (χ3v) is 2.76. The van der Waals surface area contributed by atoms with E-state index in [1.54, 1.807) is 7.11 Å². The van der Waals surface area contributed by atoms with Crippen molar-refractivity contribution in [3.8, 4) is 0 Å². The summed E-state index contributed by atoms with van der Waals surface area (Å²) in [6, 6.07) is 0.505. The summed E-state index contributed by atoms with van der Waals surface area (Å²) in [5.41, 5.74) is 0. The van der Waals surface area contributed by atoms with E-state index in [0.717, 1.165) is 12.5 Å². The topological polar surface area (TPSA) is 21.3 Å². The zero-order valence-corrected chi connectivity index (χ0v) is 9.76. The summed E-state index contributed by atoms with van der Waals surface area (Å²) < 4.78 is 5.35. The molecule has 0 bridgehead atoms. The SMILES string of the molecule is CCNC(CC(C)CC)C(C)OC. The van der Waals surface area contributed by atoms with Crippen LogP contribution in [0.15, 0.2) is 0 Å². The molecular formula is C11H25NO. The van der Waals surface area contributed by atoms with Crippen molar-refractivity contribution in [1.82, 2.24) is 5.32 Å². The molecule has 3 atom stereocenters. The van der Waals surface area contributed by atoms with Gasteiger partial charge in [-0.15, -0.1) is 0 Å². The fourth-order valence-corrected chi connectivity index (χ4v) is 1.47. The largest absolute Gasteiger partial charge is 0.380 e. The van der Waals surface area contributed by atoms with Crippen LogP contribution in [0, 0.1) is 5.92 Å². The Balaban J connectivity index is 3.92. The van der Waals surface area contributed by atoms with Gasteiger partial charge in [-0.2, -0.15) is 0 Å². The van der Waals surface area contributed by atoms with E-state index in [1.165, 1.54) is 12.8 Å². The summed E-state index contributed by atoms with van der Waals surface area (Å²) in [5.74, 6) is 0.779. The van der Waals surface area contributed by atoms with Crippen LogP contribution in [0.3, 0.4) is 0 Å². The zero-order chi connectivity index (χ0) is 10.3. The Morgan fingerprint density at radius 3 is 2.23 bits per heavy atom. The van der Waals surface area contributed by atoms with Gasteiger partial charge in [0.1, 0.15) is 0 Å². The molecule has 0 saturated carbocycles. The van der Waals surface area contributed by atoms with Gasteiger partial charge in [-0.25, -0.2) is 0 Å². The number of likely N-dealkylation sites (N-methyl/N-ethyl adjacent to an activating group) is 1. The highest BCUT2D eigenvalue weighted by Gasteiger charge is 2.17. The lowest BCUT2D eigenvalue weighted by molar-refractivity contribution is 0.0751. The molecule has 0 aliphatic heterocycles. The molecule has 80 valence electrons. The molecule has 13 heavy (non-hydrogen) atoms. The van der Waals surface area contributed by atoms with E-state index >= 15 is 0 Å². The Kier molecular flexibility index (Phi) is 7.29. The summed E-state index contributed by atoms with van der Waals surface area (Å²) in [7, 11) is 1.78. The Morgan fingerprint density at radius 2 is 1.85 bits per heavy atom. The fourth-order valence-electron chi connectivity index (χ4n) is 1.47. The number of methoxy groups -OCH3 is 1. The Morgan fingerprint density at radius 1 is 1.23 bits per heavy atom. The van der Waals surface area contributed by atoms with Crippen LogP contribution >= 0.6 is 0 Å². The van der Waals surface area contributed by atoms with Gasteiger partial charge in [0.2, 0.25) is 0 Å². The van der Waals surface area contributed by atoms with Crippen LogP contribution in [0.4, 0.5) is 0 Å². The molecule has 0 radical (unpaired) electrons. The minimum absolute atomic E-state index is 0.314. The molecule has 2 nitrogen and oxygen atoms in total. The molecule has 0 heterocycles. The number of ether oxygens (including phenoxy) is 1. The molecule has 0 rings (SSSR count). The second-order valence-electron chi connectivity index (χ2n) is 3.85. The van der Waals surface area contributed by atoms with Gasteiger partial charge < -0.3 is 10.1 Å². The lowest BCUT2D eigenvalue weighted by Gasteiger charge is -2.26. The highest BCUT2D eigenvalue weighted by Crippen LogP contribution is 2.13. The molecule has 0 aromatic rings. The van der Waals surface area contributed by atoms with E-state index in [-0.39, 0.29) is 0 Å². The van der Waals surface area contributed by atoms with Crippen molar-refractivity contribution in [2.75, 3.05) is 13.7 Å². The minimum Gasteiger partial charge on any atom is -0.380 e.